The molecule has 30 heavy (non-hydrogen) atoms. The molecule has 2 aliphatic rings. The quantitative estimate of drug-likeness (QED) is 0.290. The topological polar surface area (TPSA) is 163 Å². The van der Waals surface area contributed by atoms with Crippen LogP contribution in [0.2, 0.25) is 0 Å². The van der Waals surface area contributed by atoms with Crippen LogP contribution >= 0.6 is 11.8 Å². The average molecular weight is 435 g/mol. The van der Waals surface area contributed by atoms with Gasteiger partial charge >= 0.3 is 5.97 Å². The SMILES string of the molecule is NC(N)=NC1NCC(CNC(=O)CN2C(=O)CCC(CC(=O)O)c3ccccc32)S1. The van der Waals surface area contributed by atoms with Crippen molar-refractivity contribution in [2.24, 2.45) is 16.5 Å². The number of hydrogen-bond acceptors (Lipinski definition) is 6. The minimum atomic E-state index is -0.907. The summed E-state index contributed by atoms with van der Waals surface area (Å²) in [6, 6.07) is 7.19. The Kier molecular flexibility index (Phi) is 7.16. The van der Waals surface area contributed by atoms with Gasteiger partial charge in [0.25, 0.3) is 0 Å². The average Bonchev–Trinajstić information content (AvgIpc) is 3.09. The molecular weight excluding hydrogens is 408 g/mol. The first-order valence-electron chi connectivity index (χ1n) is 9.69. The molecule has 7 N–H and O–H groups in total. The number of aliphatic carboxylic acids is 1. The number of carbonyl (C=O) groups is 3. The number of thioether (sulfide) groups is 1. The van der Waals surface area contributed by atoms with Crippen LogP contribution in [0.1, 0.15) is 30.7 Å². The fraction of sp³-hybridized carbons (Fsp3) is 0.474. The second kappa shape index (κ2) is 9.81. The Balaban J connectivity index is 1.63. The van der Waals surface area contributed by atoms with E-state index in [0.29, 0.717) is 25.2 Å². The highest BCUT2D eigenvalue weighted by atomic mass is 32.2. The number of fused-ring (bicyclic) bond motifs is 1. The lowest BCUT2D eigenvalue weighted by molar-refractivity contribution is -0.137. The van der Waals surface area contributed by atoms with Crippen molar-refractivity contribution < 1.29 is 19.5 Å². The van der Waals surface area contributed by atoms with E-state index in [4.69, 9.17) is 11.5 Å². The van der Waals surface area contributed by atoms with E-state index >= 15 is 0 Å². The molecule has 3 atom stereocenters. The Bertz CT molecular complexity index is 844. The van der Waals surface area contributed by atoms with E-state index in [0.717, 1.165) is 5.56 Å². The molecule has 2 amide bonds. The lowest BCUT2D eigenvalue weighted by Gasteiger charge is -2.24. The monoisotopic (exact) mass is 434 g/mol. The smallest absolute Gasteiger partial charge is 0.303 e. The number of amides is 2. The Hall–Kier alpha value is -2.79. The van der Waals surface area contributed by atoms with Gasteiger partial charge < -0.3 is 26.8 Å². The maximum Gasteiger partial charge on any atom is 0.303 e. The van der Waals surface area contributed by atoms with E-state index in [1.807, 2.05) is 12.1 Å². The molecule has 0 radical (unpaired) electrons. The number of aliphatic imine (C=N–C) groups is 1. The fourth-order valence-electron chi connectivity index (χ4n) is 3.67. The molecule has 2 aliphatic heterocycles. The molecule has 0 bridgehead atoms. The molecule has 3 unspecified atom stereocenters. The third-order valence-corrected chi connectivity index (χ3v) is 6.28. The summed E-state index contributed by atoms with van der Waals surface area (Å²) >= 11 is 1.52. The Morgan fingerprint density at radius 1 is 1.33 bits per heavy atom. The predicted molar refractivity (Wildman–Crippen MR) is 115 cm³/mol. The molecule has 10 nitrogen and oxygen atoms in total. The van der Waals surface area contributed by atoms with Crippen molar-refractivity contribution in [1.29, 1.82) is 0 Å². The maximum atomic E-state index is 12.7. The van der Waals surface area contributed by atoms with Crippen molar-refractivity contribution in [3.63, 3.8) is 0 Å². The van der Waals surface area contributed by atoms with Gasteiger partial charge in [0, 0.05) is 30.4 Å². The predicted octanol–water partition coefficient (Wildman–Crippen LogP) is -0.250. The van der Waals surface area contributed by atoms with Gasteiger partial charge in [0.2, 0.25) is 11.8 Å². The number of anilines is 1. The van der Waals surface area contributed by atoms with Crippen LogP contribution < -0.4 is 27.0 Å². The summed E-state index contributed by atoms with van der Waals surface area (Å²) in [5.41, 5.74) is 11.9. The van der Waals surface area contributed by atoms with Crippen LogP contribution in [-0.2, 0) is 14.4 Å². The van der Waals surface area contributed by atoms with Crippen molar-refractivity contribution in [3.8, 4) is 0 Å². The zero-order valence-electron chi connectivity index (χ0n) is 16.4. The Morgan fingerprint density at radius 3 is 2.83 bits per heavy atom. The van der Waals surface area contributed by atoms with Gasteiger partial charge in [-0.15, -0.1) is 11.8 Å². The highest BCUT2D eigenvalue weighted by molar-refractivity contribution is 8.00. The van der Waals surface area contributed by atoms with Crippen molar-refractivity contribution in [1.82, 2.24) is 10.6 Å². The number of nitrogens with one attached hydrogen (secondary N) is 2. The van der Waals surface area contributed by atoms with Crippen molar-refractivity contribution >= 4 is 41.2 Å². The van der Waals surface area contributed by atoms with Gasteiger partial charge in [0.05, 0.1) is 6.42 Å². The third-order valence-electron chi connectivity index (χ3n) is 5.03. The highest BCUT2D eigenvalue weighted by Crippen LogP contribution is 2.36. The van der Waals surface area contributed by atoms with Crippen LogP contribution in [0.15, 0.2) is 29.3 Å². The number of rotatable bonds is 7. The molecule has 1 fully saturated rings. The second-order valence-electron chi connectivity index (χ2n) is 7.25. The molecule has 0 aromatic heterocycles. The number of hydrogen-bond donors (Lipinski definition) is 5. The van der Waals surface area contributed by atoms with E-state index in [1.165, 1.54) is 16.7 Å². The summed E-state index contributed by atoms with van der Waals surface area (Å²) in [7, 11) is 0. The van der Waals surface area contributed by atoms with Gasteiger partial charge in [0.15, 0.2) is 11.5 Å². The normalized spacial score (nSPS) is 23.4. The fourth-order valence-corrected chi connectivity index (χ4v) is 4.78. The molecule has 0 spiro atoms. The van der Waals surface area contributed by atoms with Crippen molar-refractivity contribution in [2.75, 3.05) is 24.5 Å². The van der Waals surface area contributed by atoms with E-state index in [9.17, 15) is 19.5 Å². The first-order valence-corrected chi connectivity index (χ1v) is 10.6. The summed E-state index contributed by atoms with van der Waals surface area (Å²) in [6.45, 7) is 0.949. The standard InChI is InChI=1S/C19H26N6O4S/c20-18(21)24-19-23-9-12(30-19)8-22-15(26)10-25-14-4-2-1-3-13(14)11(7-17(28)29)5-6-16(25)27/h1-4,11-12,19,23H,5-10H2,(H,22,26)(H,28,29)(H4,20,21,24). The Labute approximate surface area is 178 Å². The molecule has 3 rings (SSSR count). The summed E-state index contributed by atoms with van der Waals surface area (Å²) in [5, 5.41) is 15.3. The van der Waals surface area contributed by atoms with Crippen LogP contribution in [0.5, 0.6) is 0 Å². The van der Waals surface area contributed by atoms with Gasteiger partial charge in [-0.1, -0.05) is 18.2 Å². The minimum absolute atomic E-state index is 0.00392. The Morgan fingerprint density at radius 2 is 2.10 bits per heavy atom. The maximum absolute atomic E-state index is 12.7. The van der Waals surface area contributed by atoms with Gasteiger partial charge in [0.1, 0.15) is 6.54 Å². The summed E-state index contributed by atoms with van der Waals surface area (Å²) < 4.78 is 0. The van der Waals surface area contributed by atoms with E-state index in [1.54, 1.807) is 12.1 Å². The molecule has 1 aromatic carbocycles. The molecule has 1 saturated heterocycles. The van der Waals surface area contributed by atoms with Crippen LogP contribution in [-0.4, -0.2) is 59.2 Å². The van der Waals surface area contributed by atoms with Crippen molar-refractivity contribution in [2.45, 2.75) is 35.9 Å². The van der Waals surface area contributed by atoms with Crippen LogP contribution in [0.4, 0.5) is 5.69 Å². The third kappa shape index (κ3) is 5.63. The van der Waals surface area contributed by atoms with Gasteiger partial charge in [-0.2, -0.15) is 0 Å². The highest BCUT2D eigenvalue weighted by Gasteiger charge is 2.30. The lowest BCUT2D eigenvalue weighted by Crippen LogP contribution is -2.42. The molecule has 11 heteroatoms. The first kappa shape index (κ1) is 21.9. The first-order chi connectivity index (χ1) is 14.3. The second-order valence-corrected chi connectivity index (χ2v) is 8.63. The zero-order chi connectivity index (χ0) is 21.7. The van der Waals surface area contributed by atoms with E-state index in [2.05, 4.69) is 15.6 Å². The summed E-state index contributed by atoms with van der Waals surface area (Å²) in [6.07, 6.45) is 0.590. The largest absolute Gasteiger partial charge is 0.481 e. The van der Waals surface area contributed by atoms with Crippen LogP contribution in [0.3, 0.4) is 0 Å². The van der Waals surface area contributed by atoms with E-state index in [-0.39, 0.29) is 53.8 Å². The summed E-state index contributed by atoms with van der Waals surface area (Å²) in [4.78, 5) is 42.0. The number of benzene rings is 1. The number of carboxylic acids is 1. The number of guanidine groups is 1. The van der Waals surface area contributed by atoms with Crippen LogP contribution in [0, 0.1) is 0 Å². The van der Waals surface area contributed by atoms with Crippen molar-refractivity contribution in [3.05, 3.63) is 29.8 Å². The van der Waals surface area contributed by atoms with Gasteiger partial charge in [-0.25, -0.2) is 4.99 Å². The van der Waals surface area contributed by atoms with Crippen LogP contribution in [0.25, 0.3) is 0 Å². The number of nitrogens with zero attached hydrogens (tertiary/aromatic N) is 2. The van der Waals surface area contributed by atoms with Gasteiger partial charge in [-0.05, 0) is 24.0 Å². The van der Waals surface area contributed by atoms with Gasteiger partial charge in [-0.3, -0.25) is 19.7 Å². The summed E-state index contributed by atoms with van der Waals surface area (Å²) in [5.74, 6) is -1.63. The number of para-hydroxylation sites is 1. The number of nitrogens with two attached hydrogens (primary N) is 2. The number of carboxylic acid groups (broad SMARTS) is 1. The molecular formula is C19H26N6O4S. The molecule has 162 valence electrons. The molecule has 1 aromatic rings. The lowest BCUT2D eigenvalue weighted by atomic mass is 9.91. The minimum Gasteiger partial charge on any atom is -0.481 e. The van der Waals surface area contributed by atoms with E-state index < -0.39 is 5.97 Å². The molecule has 0 aliphatic carbocycles. The molecule has 0 saturated carbocycles. The molecule has 2 heterocycles. The zero-order valence-corrected chi connectivity index (χ0v) is 17.2. The number of carbonyl (C=O) groups excluding carboxylic acids is 2.